The molecule has 0 fully saturated rings. The van der Waals surface area contributed by atoms with E-state index in [1.165, 1.54) is 11.1 Å². The Morgan fingerprint density at radius 3 is 2.71 bits per heavy atom. The van der Waals surface area contributed by atoms with Crippen LogP contribution in [-0.4, -0.2) is 5.78 Å². The van der Waals surface area contributed by atoms with Crippen LogP contribution < -0.4 is 0 Å². The zero-order valence-corrected chi connectivity index (χ0v) is 12.2. The minimum absolute atomic E-state index is 0.173. The smallest absolute Gasteiger partial charge is 0.169 e. The molecule has 1 heterocycles. The van der Waals surface area contributed by atoms with Gasteiger partial charge in [0.2, 0.25) is 0 Å². The van der Waals surface area contributed by atoms with E-state index in [-0.39, 0.29) is 5.78 Å². The van der Waals surface area contributed by atoms with Crippen LogP contribution in [0.25, 0.3) is 0 Å². The van der Waals surface area contributed by atoms with E-state index < -0.39 is 0 Å². The maximum Gasteiger partial charge on any atom is 0.169 e. The monoisotopic (exact) mass is 308 g/mol. The number of carbonyl (C=O) groups is 1. The molecule has 88 valence electrons. The number of hydrogen-bond acceptors (Lipinski definition) is 2. The van der Waals surface area contributed by atoms with Crippen molar-refractivity contribution in [2.45, 2.75) is 20.3 Å². The zero-order valence-electron chi connectivity index (χ0n) is 9.79. The van der Waals surface area contributed by atoms with Gasteiger partial charge in [-0.2, -0.15) is 11.3 Å². The third kappa shape index (κ3) is 2.85. The fourth-order valence-corrected chi connectivity index (χ4v) is 3.26. The molecule has 0 aliphatic rings. The predicted molar refractivity (Wildman–Crippen MR) is 76.0 cm³/mol. The summed E-state index contributed by atoms with van der Waals surface area (Å²) >= 11 is 4.95. The van der Waals surface area contributed by atoms with Gasteiger partial charge >= 0.3 is 0 Å². The molecule has 1 aromatic carbocycles. The van der Waals surface area contributed by atoms with Crippen LogP contribution in [0.3, 0.4) is 0 Å². The van der Waals surface area contributed by atoms with Gasteiger partial charge in [-0.05, 0) is 40.9 Å². The van der Waals surface area contributed by atoms with Gasteiger partial charge in [0, 0.05) is 27.2 Å². The first-order valence-electron chi connectivity index (χ1n) is 5.39. The van der Waals surface area contributed by atoms with Gasteiger partial charge in [0.1, 0.15) is 0 Å². The molecule has 0 atom stereocenters. The summed E-state index contributed by atoms with van der Waals surface area (Å²) in [5.41, 5.74) is 4.28. The molecule has 17 heavy (non-hydrogen) atoms. The second-order valence-corrected chi connectivity index (χ2v) is 5.76. The molecular formula is C14H13BrOS. The van der Waals surface area contributed by atoms with Crippen LogP contribution in [0.15, 0.2) is 33.4 Å². The first-order valence-corrected chi connectivity index (χ1v) is 7.12. The minimum Gasteiger partial charge on any atom is -0.294 e. The van der Waals surface area contributed by atoms with E-state index >= 15 is 0 Å². The predicted octanol–water partition coefficient (Wildman–Crippen LogP) is 4.55. The van der Waals surface area contributed by atoms with E-state index in [9.17, 15) is 4.79 Å². The number of rotatable bonds is 3. The number of thiophene rings is 1. The standard InChI is InChI=1S/C14H13BrOS/c1-9-3-4-10(2)11(5-9)6-14(16)12-7-17-8-13(12)15/h3-5,7-8H,6H2,1-2H3. The van der Waals surface area contributed by atoms with E-state index in [1.807, 2.05) is 24.6 Å². The summed E-state index contributed by atoms with van der Waals surface area (Å²) in [6.45, 7) is 4.10. The van der Waals surface area contributed by atoms with Crippen molar-refractivity contribution in [3.63, 3.8) is 0 Å². The SMILES string of the molecule is Cc1ccc(C)c(CC(=O)c2cscc2Br)c1. The third-order valence-corrected chi connectivity index (χ3v) is 4.47. The van der Waals surface area contributed by atoms with E-state index in [0.29, 0.717) is 6.42 Å². The topological polar surface area (TPSA) is 17.1 Å². The van der Waals surface area contributed by atoms with Crippen molar-refractivity contribution in [1.82, 2.24) is 0 Å². The maximum atomic E-state index is 12.1. The fourth-order valence-electron chi connectivity index (χ4n) is 1.74. The molecule has 0 amide bonds. The molecule has 3 heteroatoms. The van der Waals surface area contributed by atoms with Crippen LogP contribution in [0.2, 0.25) is 0 Å². The highest BCUT2D eigenvalue weighted by Gasteiger charge is 2.12. The summed E-state index contributed by atoms with van der Waals surface area (Å²) in [5.74, 6) is 0.173. The number of carbonyl (C=O) groups excluding carboxylic acids is 1. The molecule has 0 spiro atoms. The Balaban J connectivity index is 2.24. The molecule has 0 radical (unpaired) electrons. The third-order valence-electron chi connectivity index (χ3n) is 2.77. The van der Waals surface area contributed by atoms with Gasteiger partial charge in [0.25, 0.3) is 0 Å². The number of halogens is 1. The van der Waals surface area contributed by atoms with E-state index in [2.05, 4.69) is 34.1 Å². The number of Topliss-reactive ketones (excluding diaryl/α,β-unsaturated/α-hetero) is 1. The van der Waals surface area contributed by atoms with Gasteiger partial charge in [-0.15, -0.1) is 0 Å². The van der Waals surface area contributed by atoms with Crippen molar-refractivity contribution < 1.29 is 4.79 Å². The number of ketones is 1. The molecule has 0 aliphatic carbocycles. The Kier molecular flexibility index (Phi) is 3.79. The average molecular weight is 309 g/mol. The lowest BCUT2D eigenvalue weighted by atomic mass is 9.99. The quantitative estimate of drug-likeness (QED) is 0.760. The van der Waals surface area contributed by atoms with E-state index in [0.717, 1.165) is 15.6 Å². The summed E-state index contributed by atoms with van der Waals surface area (Å²) in [6.07, 6.45) is 0.475. The van der Waals surface area contributed by atoms with Crippen molar-refractivity contribution in [2.75, 3.05) is 0 Å². The van der Waals surface area contributed by atoms with Crippen molar-refractivity contribution in [1.29, 1.82) is 0 Å². The number of hydrogen-bond donors (Lipinski definition) is 0. The van der Waals surface area contributed by atoms with Crippen LogP contribution in [0.4, 0.5) is 0 Å². The molecule has 0 N–H and O–H groups in total. The van der Waals surface area contributed by atoms with Crippen molar-refractivity contribution in [2.24, 2.45) is 0 Å². The Morgan fingerprint density at radius 1 is 1.29 bits per heavy atom. The Bertz CT molecular complexity index is 557. The molecule has 0 aliphatic heterocycles. The van der Waals surface area contributed by atoms with E-state index in [1.54, 1.807) is 11.3 Å². The van der Waals surface area contributed by atoms with Gasteiger partial charge in [-0.3, -0.25) is 4.79 Å². The van der Waals surface area contributed by atoms with Gasteiger partial charge in [-0.25, -0.2) is 0 Å². The maximum absolute atomic E-state index is 12.1. The molecule has 0 unspecified atom stereocenters. The highest BCUT2D eigenvalue weighted by molar-refractivity contribution is 9.10. The van der Waals surface area contributed by atoms with Crippen molar-refractivity contribution >= 4 is 33.0 Å². The molecule has 0 saturated carbocycles. The summed E-state index contributed by atoms with van der Waals surface area (Å²) < 4.78 is 0.901. The lowest BCUT2D eigenvalue weighted by Crippen LogP contribution is -2.04. The van der Waals surface area contributed by atoms with Gasteiger partial charge in [0.05, 0.1) is 0 Å². The minimum atomic E-state index is 0.173. The highest BCUT2D eigenvalue weighted by Crippen LogP contribution is 2.23. The first kappa shape index (κ1) is 12.5. The van der Waals surface area contributed by atoms with Crippen LogP contribution in [0.5, 0.6) is 0 Å². The van der Waals surface area contributed by atoms with E-state index in [4.69, 9.17) is 0 Å². The normalized spacial score (nSPS) is 10.5. The van der Waals surface area contributed by atoms with Gasteiger partial charge in [-0.1, -0.05) is 23.8 Å². The largest absolute Gasteiger partial charge is 0.294 e. The average Bonchev–Trinajstić information content (AvgIpc) is 2.70. The lowest BCUT2D eigenvalue weighted by molar-refractivity contribution is 0.0992. The Morgan fingerprint density at radius 2 is 2.06 bits per heavy atom. The lowest BCUT2D eigenvalue weighted by Gasteiger charge is -2.06. The zero-order chi connectivity index (χ0) is 12.4. The second-order valence-electron chi connectivity index (χ2n) is 4.16. The van der Waals surface area contributed by atoms with Crippen molar-refractivity contribution in [3.8, 4) is 0 Å². The van der Waals surface area contributed by atoms with Crippen LogP contribution in [0.1, 0.15) is 27.0 Å². The Labute approximate surface area is 114 Å². The fraction of sp³-hybridized carbons (Fsp3) is 0.214. The van der Waals surface area contributed by atoms with Gasteiger partial charge in [0.15, 0.2) is 5.78 Å². The second kappa shape index (κ2) is 5.15. The Hall–Kier alpha value is -0.930. The van der Waals surface area contributed by atoms with Crippen molar-refractivity contribution in [3.05, 3.63) is 55.7 Å². The molecule has 1 aromatic heterocycles. The first-order chi connectivity index (χ1) is 8.08. The van der Waals surface area contributed by atoms with Crippen LogP contribution in [0, 0.1) is 13.8 Å². The van der Waals surface area contributed by atoms with Crippen LogP contribution in [-0.2, 0) is 6.42 Å². The molecule has 2 rings (SSSR count). The summed E-state index contributed by atoms with van der Waals surface area (Å²) in [6, 6.07) is 6.23. The summed E-state index contributed by atoms with van der Waals surface area (Å²) in [5, 5.41) is 3.84. The molecule has 1 nitrogen and oxygen atoms in total. The summed E-state index contributed by atoms with van der Waals surface area (Å²) in [7, 11) is 0. The highest BCUT2D eigenvalue weighted by atomic mass is 79.9. The van der Waals surface area contributed by atoms with Crippen LogP contribution >= 0.6 is 27.3 Å². The summed E-state index contributed by atoms with van der Waals surface area (Å²) in [4.78, 5) is 12.1. The molecule has 0 saturated heterocycles. The number of benzene rings is 1. The van der Waals surface area contributed by atoms with Gasteiger partial charge < -0.3 is 0 Å². The number of aryl methyl sites for hydroxylation is 2. The molecule has 2 aromatic rings. The molecule has 0 bridgehead atoms. The molecular weight excluding hydrogens is 296 g/mol.